The van der Waals surface area contributed by atoms with Gasteiger partial charge in [-0.05, 0) is 47.8 Å². The zero-order chi connectivity index (χ0) is 20.8. The number of amides is 1. The van der Waals surface area contributed by atoms with Gasteiger partial charge in [0.25, 0.3) is 5.91 Å². The summed E-state index contributed by atoms with van der Waals surface area (Å²) in [5.41, 5.74) is 2.07. The molecular formula is C23H25N3O3S. The summed E-state index contributed by atoms with van der Waals surface area (Å²) in [7, 11) is 1.64. The van der Waals surface area contributed by atoms with Gasteiger partial charge in [0.05, 0.1) is 17.7 Å². The molecule has 2 aromatic heterocycles. The number of methoxy groups -OCH3 is 1. The highest BCUT2D eigenvalue weighted by Gasteiger charge is 2.23. The molecule has 3 heterocycles. The topological polar surface area (TPSA) is 54.9 Å². The van der Waals surface area contributed by atoms with Crippen LogP contribution in [0.25, 0.3) is 0 Å². The number of ether oxygens (including phenoxy) is 2. The Bertz CT molecular complexity index is 951. The van der Waals surface area contributed by atoms with Crippen molar-refractivity contribution in [2.45, 2.75) is 13.2 Å². The van der Waals surface area contributed by atoms with Crippen molar-refractivity contribution in [1.82, 2.24) is 14.8 Å². The number of benzene rings is 1. The highest BCUT2D eigenvalue weighted by atomic mass is 32.1. The maximum Gasteiger partial charge on any atom is 0.264 e. The largest absolute Gasteiger partial charge is 0.497 e. The lowest BCUT2D eigenvalue weighted by atomic mass is 10.2. The zero-order valence-electron chi connectivity index (χ0n) is 17.0. The number of hydrogen-bond acceptors (Lipinski definition) is 6. The minimum Gasteiger partial charge on any atom is -0.497 e. The number of aromatic nitrogens is 1. The van der Waals surface area contributed by atoms with Crippen molar-refractivity contribution in [3.63, 3.8) is 0 Å². The number of thiophene rings is 1. The van der Waals surface area contributed by atoms with Crippen molar-refractivity contribution >= 4 is 17.2 Å². The number of carbonyl (C=O) groups is 1. The van der Waals surface area contributed by atoms with Gasteiger partial charge in [-0.15, -0.1) is 11.3 Å². The first kappa shape index (κ1) is 20.4. The van der Waals surface area contributed by atoms with Crippen LogP contribution in [0.5, 0.6) is 11.5 Å². The third-order valence-corrected chi connectivity index (χ3v) is 6.07. The first-order valence-electron chi connectivity index (χ1n) is 9.97. The fourth-order valence-electron chi connectivity index (χ4n) is 3.39. The van der Waals surface area contributed by atoms with E-state index in [1.165, 1.54) is 11.3 Å². The lowest BCUT2D eigenvalue weighted by Gasteiger charge is -2.34. The average molecular weight is 424 g/mol. The first-order chi connectivity index (χ1) is 14.7. The molecular weight excluding hydrogens is 398 g/mol. The van der Waals surface area contributed by atoms with E-state index in [4.69, 9.17) is 9.47 Å². The van der Waals surface area contributed by atoms with Crippen LogP contribution in [0.4, 0.5) is 0 Å². The molecule has 1 fully saturated rings. The monoisotopic (exact) mass is 423 g/mol. The standard InChI is InChI=1S/C23H25N3O3S/c1-28-20-5-7-21(8-6-20)29-16-18-14-22(30-17-18)23(27)26-12-10-25(11-13-26)15-19-4-2-3-9-24-19/h2-9,14,17H,10-13,15-16H2,1H3. The normalized spacial score (nSPS) is 14.5. The first-order valence-corrected chi connectivity index (χ1v) is 10.8. The van der Waals surface area contributed by atoms with E-state index in [2.05, 4.69) is 9.88 Å². The molecule has 0 spiro atoms. The smallest absolute Gasteiger partial charge is 0.264 e. The molecule has 6 nitrogen and oxygen atoms in total. The second kappa shape index (κ2) is 9.73. The molecule has 156 valence electrons. The minimum atomic E-state index is 0.105. The van der Waals surface area contributed by atoms with Crippen LogP contribution in [0, 0.1) is 0 Å². The van der Waals surface area contributed by atoms with E-state index in [1.807, 2.05) is 65.0 Å². The van der Waals surface area contributed by atoms with E-state index in [0.717, 1.165) is 60.4 Å². The summed E-state index contributed by atoms with van der Waals surface area (Å²) in [6, 6.07) is 15.4. The lowest BCUT2D eigenvalue weighted by Crippen LogP contribution is -2.48. The second-order valence-electron chi connectivity index (χ2n) is 7.17. The van der Waals surface area contributed by atoms with Gasteiger partial charge >= 0.3 is 0 Å². The second-order valence-corrected chi connectivity index (χ2v) is 8.08. The minimum absolute atomic E-state index is 0.105. The van der Waals surface area contributed by atoms with Gasteiger partial charge in [0.15, 0.2) is 0 Å². The van der Waals surface area contributed by atoms with E-state index >= 15 is 0 Å². The molecule has 1 aliphatic heterocycles. The SMILES string of the molecule is COc1ccc(OCc2csc(C(=O)N3CCN(Cc4ccccn4)CC3)c2)cc1. The van der Waals surface area contributed by atoms with E-state index in [-0.39, 0.29) is 5.91 Å². The van der Waals surface area contributed by atoms with Crippen LogP contribution in [0.1, 0.15) is 20.9 Å². The van der Waals surface area contributed by atoms with Crippen LogP contribution in [0.3, 0.4) is 0 Å². The molecule has 0 saturated carbocycles. The van der Waals surface area contributed by atoms with Crippen molar-refractivity contribution in [2.24, 2.45) is 0 Å². The van der Waals surface area contributed by atoms with Gasteiger partial charge in [-0.1, -0.05) is 6.07 Å². The lowest BCUT2D eigenvalue weighted by molar-refractivity contribution is 0.0631. The van der Waals surface area contributed by atoms with E-state index in [0.29, 0.717) is 6.61 Å². The molecule has 0 radical (unpaired) electrons. The van der Waals surface area contributed by atoms with Crippen molar-refractivity contribution in [3.8, 4) is 11.5 Å². The van der Waals surface area contributed by atoms with Crippen LogP contribution >= 0.6 is 11.3 Å². The quantitative estimate of drug-likeness (QED) is 0.580. The Balaban J connectivity index is 1.26. The maximum atomic E-state index is 12.9. The number of rotatable bonds is 7. The zero-order valence-corrected chi connectivity index (χ0v) is 17.8. The molecule has 1 aromatic carbocycles. The molecule has 1 aliphatic rings. The Labute approximate surface area is 180 Å². The summed E-state index contributed by atoms with van der Waals surface area (Å²) in [4.78, 5) is 22.3. The fourth-order valence-corrected chi connectivity index (χ4v) is 4.25. The van der Waals surface area contributed by atoms with Crippen LogP contribution < -0.4 is 9.47 Å². The van der Waals surface area contributed by atoms with Crippen LogP contribution in [0.15, 0.2) is 60.1 Å². The van der Waals surface area contributed by atoms with E-state index < -0.39 is 0 Å². The van der Waals surface area contributed by atoms with Crippen LogP contribution in [-0.4, -0.2) is 54.0 Å². The summed E-state index contributed by atoms with van der Waals surface area (Å²) < 4.78 is 11.0. The van der Waals surface area contributed by atoms with Gasteiger partial charge < -0.3 is 14.4 Å². The molecule has 0 aliphatic carbocycles. The van der Waals surface area contributed by atoms with Gasteiger partial charge in [0.1, 0.15) is 18.1 Å². The molecule has 1 amide bonds. The fraction of sp³-hybridized carbons (Fsp3) is 0.304. The predicted octanol–water partition coefficient (Wildman–Crippen LogP) is 3.69. The Morgan fingerprint density at radius 2 is 1.83 bits per heavy atom. The van der Waals surface area contributed by atoms with Crippen molar-refractivity contribution in [2.75, 3.05) is 33.3 Å². The molecule has 0 N–H and O–H groups in total. The Morgan fingerprint density at radius 1 is 1.07 bits per heavy atom. The summed E-state index contributed by atoms with van der Waals surface area (Å²) in [6.45, 7) is 4.47. The van der Waals surface area contributed by atoms with Crippen molar-refractivity contribution < 1.29 is 14.3 Å². The molecule has 0 unspecified atom stereocenters. The summed E-state index contributed by atoms with van der Waals surface area (Å²) >= 11 is 1.48. The van der Waals surface area contributed by atoms with Crippen molar-refractivity contribution in [3.05, 3.63) is 76.2 Å². The van der Waals surface area contributed by atoms with Gasteiger partial charge in [-0.2, -0.15) is 0 Å². The molecule has 0 atom stereocenters. The van der Waals surface area contributed by atoms with Crippen LogP contribution in [-0.2, 0) is 13.2 Å². The third kappa shape index (κ3) is 5.17. The van der Waals surface area contributed by atoms with E-state index in [1.54, 1.807) is 7.11 Å². The van der Waals surface area contributed by atoms with Crippen LogP contribution in [0.2, 0.25) is 0 Å². The summed E-state index contributed by atoms with van der Waals surface area (Å²) in [6.07, 6.45) is 1.82. The predicted molar refractivity (Wildman–Crippen MR) is 117 cm³/mol. The number of piperazine rings is 1. The molecule has 3 aromatic rings. The molecule has 4 rings (SSSR count). The summed E-state index contributed by atoms with van der Waals surface area (Å²) in [5, 5.41) is 1.99. The number of pyridine rings is 1. The number of carbonyl (C=O) groups excluding carboxylic acids is 1. The third-order valence-electron chi connectivity index (χ3n) is 5.10. The Morgan fingerprint density at radius 3 is 2.53 bits per heavy atom. The molecule has 7 heteroatoms. The van der Waals surface area contributed by atoms with Gasteiger partial charge in [0.2, 0.25) is 0 Å². The number of nitrogens with zero attached hydrogens (tertiary/aromatic N) is 3. The van der Waals surface area contributed by atoms with E-state index in [9.17, 15) is 4.79 Å². The molecule has 1 saturated heterocycles. The maximum absolute atomic E-state index is 12.9. The Kier molecular flexibility index (Phi) is 6.61. The highest BCUT2D eigenvalue weighted by molar-refractivity contribution is 7.12. The van der Waals surface area contributed by atoms with Gasteiger partial charge in [-0.3, -0.25) is 14.7 Å². The Hall–Kier alpha value is -2.90. The highest BCUT2D eigenvalue weighted by Crippen LogP contribution is 2.22. The number of hydrogen-bond donors (Lipinski definition) is 0. The van der Waals surface area contributed by atoms with Gasteiger partial charge in [0, 0.05) is 44.5 Å². The average Bonchev–Trinajstić information content (AvgIpc) is 3.28. The molecule has 0 bridgehead atoms. The van der Waals surface area contributed by atoms with Gasteiger partial charge in [-0.25, -0.2) is 0 Å². The van der Waals surface area contributed by atoms with Crippen molar-refractivity contribution in [1.29, 1.82) is 0 Å². The summed E-state index contributed by atoms with van der Waals surface area (Å²) in [5.74, 6) is 1.68. The molecule has 30 heavy (non-hydrogen) atoms.